The van der Waals surface area contributed by atoms with Gasteiger partial charge in [0, 0.05) is 6.54 Å². The van der Waals surface area contributed by atoms with Crippen molar-refractivity contribution >= 4 is 5.97 Å². The monoisotopic (exact) mass is 197 g/mol. The number of likely N-dealkylation sites (tertiary alicyclic amines) is 1. The van der Waals surface area contributed by atoms with Crippen molar-refractivity contribution < 1.29 is 9.53 Å². The first kappa shape index (κ1) is 9.97. The van der Waals surface area contributed by atoms with E-state index in [9.17, 15) is 4.79 Å². The average molecular weight is 197 g/mol. The molecule has 14 heavy (non-hydrogen) atoms. The summed E-state index contributed by atoms with van der Waals surface area (Å²) in [5, 5.41) is 0. The van der Waals surface area contributed by atoms with Gasteiger partial charge in [-0.3, -0.25) is 9.69 Å². The average Bonchev–Trinajstić information content (AvgIpc) is 2.90. The van der Waals surface area contributed by atoms with E-state index < -0.39 is 0 Å². The fraction of sp³-hybridized carbons (Fsp3) is 0.909. The predicted octanol–water partition coefficient (Wildman–Crippen LogP) is 1.28. The van der Waals surface area contributed by atoms with E-state index in [1.807, 2.05) is 0 Å². The van der Waals surface area contributed by atoms with Crippen molar-refractivity contribution in [3.63, 3.8) is 0 Å². The molecule has 1 saturated carbocycles. The van der Waals surface area contributed by atoms with E-state index in [0.29, 0.717) is 5.92 Å². The van der Waals surface area contributed by atoms with Crippen LogP contribution in [0.15, 0.2) is 0 Å². The maximum absolute atomic E-state index is 11.6. The molecular weight excluding hydrogens is 178 g/mol. The van der Waals surface area contributed by atoms with E-state index in [1.165, 1.54) is 26.4 Å². The molecule has 1 saturated heterocycles. The second-order valence-electron chi connectivity index (χ2n) is 4.69. The quantitative estimate of drug-likeness (QED) is 0.638. The molecule has 0 aromatic rings. The highest BCUT2D eigenvalue weighted by molar-refractivity contribution is 5.76. The van der Waals surface area contributed by atoms with Crippen LogP contribution in [-0.2, 0) is 9.53 Å². The number of ether oxygens (including phenoxy) is 1. The molecule has 2 rings (SSSR count). The van der Waals surface area contributed by atoms with Crippen molar-refractivity contribution in [2.75, 3.05) is 20.2 Å². The minimum absolute atomic E-state index is 0.0263. The molecule has 0 bridgehead atoms. The largest absolute Gasteiger partial charge is 0.468 e. The second kappa shape index (κ2) is 3.89. The summed E-state index contributed by atoms with van der Waals surface area (Å²) in [5.41, 5.74) is 0. The van der Waals surface area contributed by atoms with Crippen LogP contribution in [0.2, 0.25) is 0 Å². The summed E-state index contributed by atoms with van der Waals surface area (Å²) < 4.78 is 4.88. The maximum Gasteiger partial charge on any atom is 0.323 e. The van der Waals surface area contributed by atoms with Crippen molar-refractivity contribution in [2.24, 2.45) is 11.8 Å². The van der Waals surface area contributed by atoms with Crippen LogP contribution in [0.1, 0.15) is 26.2 Å². The fourth-order valence-corrected chi connectivity index (χ4v) is 2.39. The van der Waals surface area contributed by atoms with Gasteiger partial charge in [-0.1, -0.05) is 6.92 Å². The van der Waals surface area contributed by atoms with E-state index in [0.717, 1.165) is 19.0 Å². The first-order valence-corrected chi connectivity index (χ1v) is 5.54. The number of nitrogens with zero attached hydrogens (tertiary/aromatic N) is 1. The van der Waals surface area contributed by atoms with Crippen LogP contribution in [0, 0.1) is 11.8 Å². The van der Waals surface area contributed by atoms with Gasteiger partial charge in [0.15, 0.2) is 0 Å². The van der Waals surface area contributed by atoms with Crippen molar-refractivity contribution in [3.05, 3.63) is 0 Å². The molecule has 2 aliphatic rings. The number of rotatable bonds is 3. The Bertz CT molecular complexity index is 225. The summed E-state index contributed by atoms with van der Waals surface area (Å²) in [4.78, 5) is 13.9. The summed E-state index contributed by atoms with van der Waals surface area (Å²) >= 11 is 0. The molecule has 1 aliphatic carbocycles. The lowest BCUT2D eigenvalue weighted by molar-refractivity contribution is -0.147. The zero-order valence-corrected chi connectivity index (χ0v) is 9.03. The summed E-state index contributed by atoms with van der Waals surface area (Å²) in [5.74, 6) is 1.29. The van der Waals surface area contributed by atoms with Gasteiger partial charge in [-0.15, -0.1) is 0 Å². The topological polar surface area (TPSA) is 29.5 Å². The molecule has 2 unspecified atom stereocenters. The van der Waals surface area contributed by atoms with Gasteiger partial charge in [0.05, 0.1) is 7.11 Å². The van der Waals surface area contributed by atoms with E-state index in [2.05, 4.69) is 11.8 Å². The molecule has 0 amide bonds. The molecule has 1 aliphatic heterocycles. The van der Waals surface area contributed by atoms with Crippen LogP contribution in [0.25, 0.3) is 0 Å². The molecule has 2 fully saturated rings. The highest BCUT2D eigenvalue weighted by Crippen LogP contribution is 2.37. The molecule has 0 radical (unpaired) electrons. The Labute approximate surface area is 85.4 Å². The fourth-order valence-electron chi connectivity index (χ4n) is 2.39. The van der Waals surface area contributed by atoms with E-state index in [4.69, 9.17) is 4.74 Å². The Hall–Kier alpha value is -0.570. The molecule has 2 atom stereocenters. The highest BCUT2D eigenvalue weighted by Gasteiger charge is 2.42. The van der Waals surface area contributed by atoms with E-state index >= 15 is 0 Å². The molecule has 3 heteroatoms. The molecule has 0 N–H and O–H groups in total. The molecule has 3 nitrogen and oxygen atoms in total. The zero-order valence-electron chi connectivity index (χ0n) is 9.03. The number of esters is 1. The summed E-state index contributed by atoms with van der Waals surface area (Å²) in [7, 11) is 1.50. The van der Waals surface area contributed by atoms with Crippen LogP contribution in [0.5, 0.6) is 0 Å². The van der Waals surface area contributed by atoms with Crippen molar-refractivity contribution in [2.45, 2.75) is 32.2 Å². The molecule has 80 valence electrons. The normalized spacial score (nSPS) is 30.3. The highest BCUT2D eigenvalue weighted by atomic mass is 16.5. The van der Waals surface area contributed by atoms with Gasteiger partial charge in [0.2, 0.25) is 0 Å². The first-order valence-electron chi connectivity index (χ1n) is 5.54. The Morgan fingerprint density at radius 3 is 2.57 bits per heavy atom. The molecular formula is C11H19NO2. The predicted molar refractivity (Wildman–Crippen MR) is 53.9 cm³/mol. The lowest BCUT2D eigenvalue weighted by Crippen LogP contribution is -2.42. The van der Waals surface area contributed by atoms with Gasteiger partial charge < -0.3 is 4.74 Å². The Morgan fingerprint density at radius 1 is 1.43 bits per heavy atom. The number of carbonyl (C=O) groups is 1. The van der Waals surface area contributed by atoms with Crippen molar-refractivity contribution in [1.29, 1.82) is 0 Å². The maximum atomic E-state index is 11.6. The Morgan fingerprint density at radius 2 is 2.14 bits per heavy atom. The minimum Gasteiger partial charge on any atom is -0.468 e. The zero-order chi connectivity index (χ0) is 10.1. The lowest BCUT2D eigenvalue weighted by Gasteiger charge is -2.25. The Balaban J connectivity index is 1.99. The van der Waals surface area contributed by atoms with E-state index in [-0.39, 0.29) is 12.0 Å². The lowest BCUT2D eigenvalue weighted by atomic mass is 10.1. The third kappa shape index (κ3) is 1.92. The van der Waals surface area contributed by atoms with Gasteiger partial charge in [-0.05, 0) is 37.6 Å². The van der Waals surface area contributed by atoms with Crippen LogP contribution < -0.4 is 0 Å². The third-order valence-electron chi connectivity index (χ3n) is 3.36. The Kier molecular flexibility index (Phi) is 2.77. The molecule has 1 heterocycles. The van der Waals surface area contributed by atoms with Gasteiger partial charge in [0.1, 0.15) is 6.04 Å². The van der Waals surface area contributed by atoms with Gasteiger partial charge in [0.25, 0.3) is 0 Å². The van der Waals surface area contributed by atoms with Crippen LogP contribution in [-0.4, -0.2) is 37.1 Å². The first-order chi connectivity index (χ1) is 6.72. The minimum atomic E-state index is -0.0263. The van der Waals surface area contributed by atoms with Crippen molar-refractivity contribution in [3.8, 4) is 0 Å². The van der Waals surface area contributed by atoms with Crippen molar-refractivity contribution in [1.82, 2.24) is 4.90 Å². The number of hydrogen-bond donors (Lipinski definition) is 0. The SMILES string of the molecule is COC(=O)C(C1CC1)N1CCC(C)C1. The summed E-state index contributed by atoms with van der Waals surface area (Å²) in [6.07, 6.45) is 3.62. The van der Waals surface area contributed by atoms with Gasteiger partial charge in [-0.25, -0.2) is 0 Å². The third-order valence-corrected chi connectivity index (χ3v) is 3.36. The van der Waals surface area contributed by atoms with Crippen LogP contribution in [0.4, 0.5) is 0 Å². The molecule has 0 aromatic carbocycles. The van der Waals surface area contributed by atoms with Crippen LogP contribution in [0.3, 0.4) is 0 Å². The van der Waals surface area contributed by atoms with Gasteiger partial charge in [-0.2, -0.15) is 0 Å². The molecule has 0 spiro atoms. The summed E-state index contributed by atoms with van der Waals surface area (Å²) in [6.45, 7) is 4.38. The number of hydrogen-bond acceptors (Lipinski definition) is 3. The number of carbonyl (C=O) groups excluding carboxylic acids is 1. The standard InChI is InChI=1S/C11H19NO2/c1-8-5-6-12(7-8)10(9-3-4-9)11(13)14-2/h8-10H,3-7H2,1-2H3. The summed E-state index contributed by atoms with van der Waals surface area (Å²) in [6, 6.07) is 0.0601. The smallest absolute Gasteiger partial charge is 0.323 e. The second-order valence-corrected chi connectivity index (χ2v) is 4.69. The van der Waals surface area contributed by atoms with E-state index in [1.54, 1.807) is 0 Å². The van der Waals surface area contributed by atoms with Gasteiger partial charge >= 0.3 is 5.97 Å². The molecule has 0 aromatic heterocycles. The van der Waals surface area contributed by atoms with Crippen LogP contribution >= 0.6 is 0 Å². The number of methoxy groups -OCH3 is 1.